The summed E-state index contributed by atoms with van der Waals surface area (Å²) in [4.78, 5) is 1.18. The Morgan fingerprint density at radius 3 is 3.08 bits per heavy atom. The van der Waals surface area contributed by atoms with Crippen molar-refractivity contribution in [3.63, 3.8) is 0 Å². The predicted octanol–water partition coefficient (Wildman–Crippen LogP) is 5.27. The van der Waals surface area contributed by atoms with Gasteiger partial charge in [0.2, 0.25) is 5.72 Å². The van der Waals surface area contributed by atoms with Crippen LogP contribution in [0.15, 0.2) is 52.6 Å². The summed E-state index contributed by atoms with van der Waals surface area (Å²) in [5.41, 5.74) is 1.41. The Balaban J connectivity index is 1.66. The average molecular weight is 373 g/mol. The van der Waals surface area contributed by atoms with E-state index in [2.05, 4.69) is 11.4 Å². The molecule has 6 heteroatoms. The molecule has 0 bridgehead atoms. The summed E-state index contributed by atoms with van der Waals surface area (Å²) >= 11 is 7.94. The van der Waals surface area contributed by atoms with E-state index in [0.29, 0.717) is 17.2 Å². The first-order valence-electron chi connectivity index (χ1n) is 8.44. The monoisotopic (exact) mass is 372 g/mol. The Bertz CT molecular complexity index is 893. The zero-order valence-electron chi connectivity index (χ0n) is 13.5. The highest BCUT2D eigenvalue weighted by Gasteiger charge is 2.50. The molecule has 0 fully saturated rings. The normalized spacial score (nSPS) is 27.4. The molecule has 0 radical (unpaired) electrons. The number of hydrogen-bond donors (Lipinski definition) is 1. The molecule has 0 unspecified atom stereocenters. The summed E-state index contributed by atoms with van der Waals surface area (Å²) in [6, 6.07) is 9.97. The number of ether oxygens (including phenoxy) is 1. The van der Waals surface area contributed by atoms with Gasteiger partial charge >= 0.3 is 0 Å². The molecule has 1 aromatic heterocycles. The van der Waals surface area contributed by atoms with Crippen molar-refractivity contribution in [2.75, 3.05) is 0 Å². The fraction of sp³-hybridized carbons (Fsp3) is 0.316. The maximum atomic E-state index is 10.2. The smallest absolute Gasteiger partial charge is 0.220 e. The first kappa shape index (κ1) is 15.3. The first-order chi connectivity index (χ1) is 12.1. The number of aliphatic hydroxyl groups excluding tert-OH is 1. The number of hydrazone groups is 1. The summed E-state index contributed by atoms with van der Waals surface area (Å²) in [5, 5.41) is 19.9. The summed E-state index contributed by atoms with van der Waals surface area (Å²) in [5.74, 6) is 1.21. The standard InChI is InChI=1S/C19H17ClN2O2S/c20-12-5-6-17-14(9-12)16-10-15(18-4-2-8-25-18)21-22(16)19(24-17)7-1-3-13(23)11-19/h2,4-6,8-9,11,16,23H,1,3,7,10H2/t16-,19+/m0/s1. The van der Waals surface area contributed by atoms with Crippen LogP contribution in [-0.2, 0) is 0 Å². The second-order valence-electron chi connectivity index (χ2n) is 6.71. The highest BCUT2D eigenvalue weighted by atomic mass is 35.5. The molecule has 0 amide bonds. The topological polar surface area (TPSA) is 45.1 Å². The van der Waals surface area contributed by atoms with Gasteiger partial charge in [0.05, 0.1) is 22.4 Å². The van der Waals surface area contributed by atoms with E-state index in [1.54, 1.807) is 11.3 Å². The van der Waals surface area contributed by atoms with Crippen molar-refractivity contribution in [3.8, 4) is 5.75 Å². The summed E-state index contributed by atoms with van der Waals surface area (Å²) in [6.45, 7) is 0. The van der Waals surface area contributed by atoms with Crippen LogP contribution in [0.1, 0.15) is 42.2 Å². The van der Waals surface area contributed by atoms with Gasteiger partial charge in [0.25, 0.3) is 0 Å². The molecular formula is C19H17ClN2O2S. The van der Waals surface area contributed by atoms with Gasteiger partial charge in [-0.15, -0.1) is 11.3 Å². The summed E-state index contributed by atoms with van der Waals surface area (Å²) < 4.78 is 6.39. The second kappa shape index (κ2) is 5.51. The van der Waals surface area contributed by atoms with Gasteiger partial charge < -0.3 is 9.84 Å². The van der Waals surface area contributed by atoms with Crippen LogP contribution >= 0.6 is 22.9 Å². The van der Waals surface area contributed by atoms with Crippen molar-refractivity contribution in [2.24, 2.45) is 5.10 Å². The predicted molar refractivity (Wildman–Crippen MR) is 99.4 cm³/mol. The van der Waals surface area contributed by atoms with Crippen molar-refractivity contribution >= 4 is 28.6 Å². The van der Waals surface area contributed by atoms with Gasteiger partial charge in [-0.2, -0.15) is 5.10 Å². The number of rotatable bonds is 1. The first-order valence-corrected chi connectivity index (χ1v) is 9.70. The Hall–Kier alpha value is -1.98. The van der Waals surface area contributed by atoms with Crippen LogP contribution in [0.25, 0.3) is 0 Å². The molecule has 1 spiro atoms. The number of benzene rings is 1. The molecule has 1 aromatic carbocycles. The van der Waals surface area contributed by atoms with Gasteiger partial charge in [-0.1, -0.05) is 17.7 Å². The maximum Gasteiger partial charge on any atom is 0.220 e. The van der Waals surface area contributed by atoms with E-state index in [1.165, 1.54) is 4.88 Å². The maximum absolute atomic E-state index is 10.2. The lowest BCUT2D eigenvalue weighted by Gasteiger charge is -2.47. The van der Waals surface area contributed by atoms with E-state index in [4.69, 9.17) is 21.4 Å². The minimum absolute atomic E-state index is 0.0710. The third kappa shape index (κ3) is 2.37. The molecule has 128 valence electrons. The lowest BCUT2D eigenvalue weighted by atomic mass is 9.90. The second-order valence-corrected chi connectivity index (χ2v) is 8.09. The van der Waals surface area contributed by atoms with Crippen LogP contribution in [0.4, 0.5) is 0 Å². The van der Waals surface area contributed by atoms with Crippen LogP contribution in [-0.4, -0.2) is 21.6 Å². The van der Waals surface area contributed by atoms with Gasteiger partial charge in [-0.3, -0.25) is 0 Å². The molecule has 2 aliphatic heterocycles. The highest BCUT2D eigenvalue weighted by molar-refractivity contribution is 7.12. The quantitative estimate of drug-likeness (QED) is 0.741. The van der Waals surface area contributed by atoms with Crippen LogP contribution in [0.3, 0.4) is 0 Å². The number of allylic oxidation sites excluding steroid dienone is 1. The molecule has 2 aromatic rings. The lowest BCUT2D eigenvalue weighted by molar-refractivity contribution is -0.0944. The SMILES string of the molecule is OC1=C[C@@]2(CCC1)Oc1ccc(Cl)cc1[C@@H]1CC(c3cccs3)=NN12. The summed E-state index contributed by atoms with van der Waals surface area (Å²) in [6.07, 6.45) is 5.02. The molecule has 0 saturated carbocycles. The van der Waals surface area contributed by atoms with E-state index in [-0.39, 0.29) is 6.04 Å². The molecule has 3 heterocycles. The Kier molecular flexibility index (Phi) is 3.37. The summed E-state index contributed by atoms with van der Waals surface area (Å²) in [7, 11) is 0. The zero-order valence-corrected chi connectivity index (χ0v) is 15.1. The van der Waals surface area contributed by atoms with E-state index < -0.39 is 5.72 Å². The van der Waals surface area contributed by atoms with E-state index >= 15 is 0 Å². The minimum Gasteiger partial charge on any atom is -0.512 e. The van der Waals surface area contributed by atoms with Crippen LogP contribution in [0.2, 0.25) is 5.02 Å². The van der Waals surface area contributed by atoms with Crippen molar-refractivity contribution in [1.82, 2.24) is 5.01 Å². The number of thiophene rings is 1. The average Bonchev–Trinajstić information content (AvgIpc) is 3.25. The minimum atomic E-state index is -0.715. The van der Waals surface area contributed by atoms with Crippen LogP contribution in [0, 0.1) is 0 Å². The fourth-order valence-electron chi connectivity index (χ4n) is 3.99. The molecule has 4 nitrogen and oxygen atoms in total. The van der Waals surface area contributed by atoms with E-state index in [1.807, 2.05) is 35.4 Å². The van der Waals surface area contributed by atoms with E-state index in [9.17, 15) is 5.11 Å². The Morgan fingerprint density at radius 2 is 2.28 bits per heavy atom. The van der Waals surface area contributed by atoms with Crippen molar-refractivity contribution in [1.29, 1.82) is 0 Å². The Morgan fingerprint density at radius 1 is 1.36 bits per heavy atom. The molecule has 5 rings (SSSR count). The molecule has 3 aliphatic rings. The molecule has 2 atom stereocenters. The molecular weight excluding hydrogens is 356 g/mol. The van der Waals surface area contributed by atoms with Gasteiger partial charge in [0.1, 0.15) is 5.75 Å². The van der Waals surface area contributed by atoms with Gasteiger partial charge in [-0.25, -0.2) is 5.01 Å². The molecule has 25 heavy (non-hydrogen) atoms. The largest absolute Gasteiger partial charge is 0.512 e. The van der Waals surface area contributed by atoms with Gasteiger partial charge in [0, 0.05) is 35.9 Å². The van der Waals surface area contributed by atoms with Crippen molar-refractivity contribution in [3.05, 3.63) is 63.0 Å². The number of nitrogens with zero attached hydrogens (tertiary/aromatic N) is 2. The van der Waals surface area contributed by atoms with Gasteiger partial charge in [-0.05, 0) is 36.1 Å². The lowest BCUT2D eigenvalue weighted by Crippen LogP contribution is -2.53. The van der Waals surface area contributed by atoms with Crippen LogP contribution in [0.5, 0.6) is 5.75 Å². The molecule has 1 aliphatic carbocycles. The number of hydrogen-bond acceptors (Lipinski definition) is 5. The third-order valence-electron chi connectivity index (χ3n) is 5.08. The molecule has 0 saturated heterocycles. The van der Waals surface area contributed by atoms with Crippen LogP contribution < -0.4 is 4.74 Å². The fourth-order valence-corrected chi connectivity index (χ4v) is 4.89. The Labute approximate surface area is 155 Å². The van der Waals surface area contributed by atoms with Crippen molar-refractivity contribution < 1.29 is 9.84 Å². The molecule has 1 N–H and O–H groups in total. The number of aliphatic hydroxyl groups is 1. The zero-order chi connectivity index (χ0) is 17.0. The van der Waals surface area contributed by atoms with E-state index in [0.717, 1.165) is 36.3 Å². The van der Waals surface area contributed by atoms with Gasteiger partial charge in [0.15, 0.2) is 0 Å². The number of fused-ring (bicyclic) bond motifs is 4. The van der Waals surface area contributed by atoms with Crippen molar-refractivity contribution in [2.45, 2.75) is 37.5 Å². The third-order valence-corrected chi connectivity index (χ3v) is 6.24. The highest BCUT2D eigenvalue weighted by Crippen LogP contribution is 2.50. The number of halogens is 1.